The average molecular weight is 906 g/mol. The molecule has 4 amide bonds. The Balaban J connectivity index is 0.000000191. The molecule has 342 valence electrons. The summed E-state index contributed by atoms with van der Waals surface area (Å²) in [4.78, 5) is 73.4. The summed E-state index contributed by atoms with van der Waals surface area (Å²) >= 11 is 1.56. The second-order valence-corrected chi connectivity index (χ2v) is 19.2. The minimum Gasteiger partial charge on any atom is -0.506 e. The fraction of sp³-hybridized carbons (Fsp3) is 0.500. The second-order valence-electron chi connectivity index (χ2n) is 18.1. The Hall–Kier alpha value is -5.46. The highest BCUT2D eigenvalue weighted by Crippen LogP contribution is 2.52. The number of anilines is 2. The molecule has 5 N–H and O–H groups in total. The highest BCUT2D eigenvalue weighted by atomic mass is 32.1. The standard InChI is InChI=1S/C23H24F3N3O2S.C23H30N4O5/c1-22(2,31)14-11-17-18(32-21(29-17)13-7-4-3-5-8-13)12-16(14)28-20(30)15-9-6-10-19(27-15)23(24,25)26;1-24-18(30)6-3-15(11-28)27-21(31)16-4-5-17(29)20(19(16)22(27)32)25-8-7-14-9-23(10-14)12-26(2)13-23/h6,9-13,31H,3-5,7-8H2,1-2H3,(H,28,30);4-5,11,14-15,25,29H,3,6-10,12-13H2,1-2H3,(H,24,30). The molecule has 3 fully saturated rings. The van der Waals surface area contributed by atoms with Gasteiger partial charge < -0.3 is 35.9 Å². The number of amides is 4. The Kier molecular flexibility index (Phi) is 13.5. The van der Waals surface area contributed by atoms with Gasteiger partial charge in [0.2, 0.25) is 5.91 Å². The molecule has 2 aliphatic heterocycles. The molecule has 64 heavy (non-hydrogen) atoms. The van der Waals surface area contributed by atoms with Gasteiger partial charge in [-0.3, -0.25) is 24.1 Å². The van der Waals surface area contributed by atoms with Crippen LogP contribution in [0.1, 0.15) is 131 Å². The number of aromatic hydroxyl groups is 1. The number of aliphatic hydroxyl groups is 1. The number of phenolic OH excluding ortho intramolecular Hbond substituents is 1. The van der Waals surface area contributed by atoms with Crippen LogP contribution < -0.4 is 16.0 Å². The van der Waals surface area contributed by atoms with E-state index in [0.717, 1.165) is 64.6 Å². The van der Waals surface area contributed by atoms with Crippen LogP contribution in [0.2, 0.25) is 0 Å². The van der Waals surface area contributed by atoms with Gasteiger partial charge in [-0.05, 0) is 107 Å². The fourth-order valence-electron chi connectivity index (χ4n) is 9.63. The first-order valence-corrected chi connectivity index (χ1v) is 22.5. The number of imide groups is 1. The molecule has 18 heteroatoms. The van der Waals surface area contributed by atoms with Gasteiger partial charge in [0.15, 0.2) is 0 Å². The van der Waals surface area contributed by atoms with Crippen molar-refractivity contribution < 1.29 is 47.4 Å². The van der Waals surface area contributed by atoms with E-state index < -0.39 is 41.2 Å². The number of aldehydes is 1. The number of likely N-dealkylation sites (tertiary alicyclic amines) is 1. The lowest BCUT2D eigenvalue weighted by Gasteiger charge is -2.58. The summed E-state index contributed by atoms with van der Waals surface area (Å²) in [7, 11) is 3.61. The van der Waals surface area contributed by atoms with Gasteiger partial charge in [0.1, 0.15) is 23.4 Å². The average Bonchev–Trinajstić information content (AvgIpc) is 3.77. The number of halogens is 3. The maximum atomic E-state index is 13.1. The van der Waals surface area contributed by atoms with Crippen molar-refractivity contribution in [2.75, 3.05) is 44.4 Å². The molecule has 2 aromatic carbocycles. The maximum absolute atomic E-state index is 13.1. The number of pyridine rings is 1. The number of aromatic nitrogens is 2. The number of carbonyl (C=O) groups is 5. The number of carbonyl (C=O) groups excluding carboxylic acids is 5. The highest BCUT2D eigenvalue weighted by molar-refractivity contribution is 7.18. The van der Waals surface area contributed by atoms with Crippen LogP contribution in [0.5, 0.6) is 5.75 Å². The molecule has 1 saturated heterocycles. The summed E-state index contributed by atoms with van der Waals surface area (Å²) in [5, 5.41) is 30.4. The molecule has 1 spiro atoms. The van der Waals surface area contributed by atoms with Gasteiger partial charge in [-0.1, -0.05) is 25.3 Å². The van der Waals surface area contributed by atoms with E-state index >= 15 is 0 Å². The van der Waals surface area contributed by atoms with E-state index in [-0.39, 0.29) is 47.0 Å². The zero-order valence-corrected chi connectivity index (χ0v) is 37.1. The molecule has 0 radical (unpaired) electrons. The Morgan fingerprint density at radius 3 is 2.39 bits per heavy atom. The number of hydrogen-bond acceptors (Lipinski definition) is 12. The lowest BCUT2D eigenvalue weighted by molar-refractivity contribution is -0.141. The van der Waals surface area contributed by atoms with E-state index in [1.165, 1.54) is 57.4 Å². The first-order valence-electron chi connectivity index (χ1n) is 21.7. The maximum Gasteiger partial charge on any atom is 0.433 e. The third kappa shape index (κ3) is 9.93. The molecule has 4 aromatic rings. The van der Waals surface area contributed by atoms with Crippen LogP contribution in [0, 0.1) is 11.3 Å². The molecule has 4 aliphatic rings. The number of phenols is 1. The van der Waals surface area contributed by atoms with Crippen LogP contribution in [0.25, 0.3) is 10.2 Å². The van der Waals surface area contributed by atoms with E-state index in [0.29, 0.717) is 41.3 Å². The summed E-state index contributed by atoms with van der Waals surface area (Å²) in [6.07, 6.45) is 5.06. The molecule has 2 aliphatic carbocycles. The predicted molar refractivity (Wildman–Crippen MR) is 235 cm³/mol. The zero-order chi connectivity index (χ0) is 46.1. The topological polar surface area (TPSA) is 194 Å². The van der Waals surface area contributed by atoms with Gasteiger partial charge >= 0.3 is 6.18 Å². The van der Waals surface area contributed by atoms with Gasteiger partial charge in [-0.25, -0.2) is 9.97 Å². The van der Waals surface area contributed by atoms with Crippen molar-refractivity contribution in [3.05, 3.63) is 75.6 Å². The molecule has 4 heterocycles. The molecule has 2 saturated carbocycles. The number of rotatable bonds is 13. The third-order valence-corrected chi connectivity index (χ3v) is 13.9. The smallest absolute Gasteiger partial charge is 0.433 e. The molecule has 14 nitrogen and oxygen atoms in total. The van der Waals surface area contributed by atoms with Gasteiger partial charge in [0, 0.05) is 50.3 Å². The minimum atomic E-state index is -4.65. The Morgan fingerprint density at radius 1 is 1.03 bits per heavy atom. The normalized spacial score (nSPS) is 18.2. The molecule has 1 atom stereocenters. The lowest BCUT2D eigenvalue weighted by atomic mass is 9.57. The van der Waals surface area contributed by atoms with Gasteiger partial charge in [-0.15, -0.1) is 11.3 Å². The zero-order valence-electron chi connectivity index (χ0n) is 36.3. The SMILES string of the molecule is CC(C)(O)c1cc2nc(C3CCCCC3)sc2cc1NC(=O)c1cccc(C(F)(F)F)n1.CNC(=O)CCC(C=O)N1C(=O)c2ccc(O)c(NCCC3CC4(C3)CN(C)C4)c2C1=O. The predicted octanol–water partition coefficient (Wildman–Crippen LogP) is 7.46. The van der Waals surface area contributed by atoms with Crippen molar-refractivity contribution >= 4 is 62.8 Å². The van der Waals surface area contributed by atoms with Crippen LogP contribution >= 0.6 is 11.3 Å². The summed E-state index contributed by atoms with van der Waals surface area (Å²) in [5.41, 5.74) is -0.311. The highest BCUT2D eigenvalue weighted by Gasteiger charge is 2.50. The summed E-state index contributed by atoms with van der Waals surface area (Å²) in [6, 6.07) is 8.41. The van der Waals surface area contributed by atoms with Crippen molar-refractivity contribution in [1.29, 1.82) is 0 Å². The van der Waals surface area contributed by atoms with Crippen molar-refractivity contribution in [2.45, 2.75) is 102 Å². The van der Waals surface area contributed by atoms with Crippen LogP contribution in [0.3, 0.4) is 0 Å². The number of fused-ring (bicyclic) bond motifs is 2. The molecule has 8 rings (SSSR count). The van der Waals surface area contributed by atoms with Crippen LogP contribution in [-0.2, 0) is 21.4 Å². The number of benzene rings is 2. The Labute approximate surface area is 373 Å². The third-order valence-electron chi connectivity index (χ3n) is 12.7. The number of nitrogens with zero attached hydrogens (tertiary/aromatic N) is 4. The lowest BCUT2D eigenvalue weighted by Crippen LogP contribution is -2.60. The molecule has 2 aromatic heterocycles. The molecule has 1 unspecified atom stereocenters. The quantitative estimate of drug-likeness (QED) is 0.0508. The van der Waals surface area contributed by atoms with E-state index in [1.807, 2.05) is 0 Å². The monoisotopic (exact) mass is 905 g/mol. The summed E-state index contributed by atoms with van der Waals surface area (Å²) in [6.45, 7) is 6.07. The largest absolute Gasteiger partial charge is 0.506 e. The summed E-state index contributed by atoms with van der Waals surface area (Å²) in [5.74, 6) is -1.34. The first kappa shape index (κ1) is 46.5. The van der Waals surface area contributed by atoms with Crippen molar-refractivity contribution in [2.24, 2.45) is 11.3 Å². The molecular weight excluding hydrogens is 852 g/mol. The van der Waals surface area contributed by atoms with Crippen LogP contribution in [0.4, 0.5) is 24.5 Å². The van der Waals surface area contributed by atoms with Crippen molar-refractivity contribution in [1.82, 2.24) is 25.1 Å². The van der Waals surface area contributed by atoms with E-state index in [1.54, 1.807) is 37.3 Å². The Morgan fingerprint density at radius 2 is 1.75 bits per heavy atom. The molecular formula is C46H54F3N7O7S. The second kappa shape index (κ2) is 18.6. The Bertz CT molecular complexity index is 2430. The number of alkyl halides is 3. The minimum absolute atomic E-state index is 0.0162. The van der Waals surface area contributed by atoms with E-state index in [2.05, 4.69) is 32.9 Å². The number of thiazole rings is 1. The van der Waals surface area contributed by atoms with Crippen LogP contribution in [-0.4, -0.2) is 99.7 Å². The van der Waals surface area contributed by atoms with Crippen molar-refractivity contribution in [3.63, 3.8) is 0 Å². The van der Waals surface area contributed by atoms with E-state index in [9.17, 15) is 47.4 Å². The van der Waals surface area contributed by atoms with Crippen LogP contribution in [0.15, 0.2) is 42.5 Å². The summed E-state index contributed by atoms with van der Waals surface area (Å²) < 4.78 is 39.8. The first-order chi connectivity index (χ1) is 30.3. The molecule has 0 bridgehead atoms. The fourth-order valence-corrected chi connectivity index (χ4v) is 10.8. The van der Waals surface area contributed by atoms with Gasteiger partial charge in [-0.2, -0.15) is 13.2 Å². The van der Waals surface area contributed by atoms with Gasteiger partial charge in [0.05, 0.1) is 43.7 Å². The number of hydrogen-bond donors (Lipinski definition) is 5. The van der Waals surface area contributed by atoms with Crippen molar-refractivity contribution in [3.8, 4) is 5.75 Å². The number of nitrogens with one attached hydrogen (secondary N) is 3. The van der Waals surface area contributed by atoms with Gasteiger partial charge in [0.25, 0.3) is 17.7 Å². The van der Waals surface area contributed by atoms with E-state index in [4.69, 9.17) is 4.98 Å².